The monoisotopic (exact) mass is 386 g/mol. The Kier molecular flexibility index (Phi) is 8.68. The van der Waals surface area contributed by atoms with Crippen molar-refractivity contribution in [1.29, 1.82) is 0 Å². The highest BCUT2D eigenvalue weighted by atomic mass is 19.4. The van der Waals surface area contributed by atoms with Crippen LogP contribution < -0.4 is 4.74 Å². The van der Waals surface area contributed by atoms with Gasteiger partial charge in [0.2, 0.25) is 0 Å². The first-order valence-corrected chi connectivity index (χ1v) is 9.54. The number of ether oxygens (including phenoxy) is 1. The van der Waals surface area contributed by atoms with Gasteiger partial charge >= 0.3 is 6.18 Å². The van der Waals surface area contributed by atoms with Crippen LogP contribution in [0.5, 0.6) is 5.75 Å². The Hall–Kier alpha value is -2.67. The van der Waals surface area contributed by atoms with Gasteiger partial charge in [-0.1, -0.05) is 50.2 Å². The number of halogens is 3. The summed E-state index contributed by atoms with van der Waals surface area (Å²) < 4.78 is 41.3. The van der Waals surface area contributed by atoms with Crippen molar-refractivity contribution in [2.75, 3.05) is 6.61 Å². The molecule has 0 radical (unpaired) electrons. The molecule has 0 atom stereocenters. The first-order valence-electron chi connectivity index (χ1n) is 9.54. The summed E-state index contributed by atoms with van der Waals surface area (Å²) in [5, 5.41) is 0. The van der Waals surface area contributed by atoms with Gasteiger partial charge in [0.15, 0.2) is 0 Å². The highest BCUT2D eigenvalue weighted by Crippen LogP contribution is 2.16. The first kappa shape index (κ1) is 21.6. The molecule has 0 amide bonds. The molecule has 28 heavy (non-hydrogen) atoms. The lowest BCUT2D eigenvalue weighted by Gasteiger charge is -2.03. The van der Waals surface area contributed by atoms with Crippen LogP contribution in [0.15, 0.2) is 60.7 Å². The van der Waals surface area contributed by atoms with E-state index in [2.05, 4.69) is 30.9 Å². The summed E-state index contributed by atoms with van der Waals surface area (Å²) in [6, 6.07) is 15.3. The second-order valence-electron chi connectivity index (χ2n) is 6.54. The topological polar surface area (TPSA) is 9.23 Å². The summed E-state index contributed by atoms with van der Waals surface area (Å²) in [6.45, 7) is 2.08. The SMILES string of the molecule is CCCCCCc1ccc(C#Cc2ccc(OC/C=C/C(F)(F)F)cc2)cc1. The molecule has 0 aromatic heterocycles. The number of unbranched alkanes of at least 4 members (excludes halogenated alkanes) is 3. The van der Waals surface area contributed by atoms with Gasteiger partial charge in [-0.3, -0.25) is 0 Å². The normalized spacial score (nSPS) is 11.3. The van der Waals surface area contributed by atoms with Crippen molar-refractivity contribution in [3.8, 4) is 17.6 Å². The first-order chi connectivity index (χ1) is 13.5. The van der Waals surface area contributed by atoms with Crippen LogP contribution in [-0.2, 0) is 6.42 Å². The average Bonchev–Trinajstić information content (AvgIpc) is 2.68. The fourth-order valence-corrected chi connectivity index (χ4v) is 2.62. The molecule has 2 aromatic rings. The molecule has 0 unspecified atom stereocenters. The van der Waals surface area contributed by atoms with Crippen LogP contribution in [0, 0.1) is 11.8 Å². The number of rotatable bonds is 8. The van der Waals surface area contributed by atoms with E-state index in [0.29, 0.717) is 5.75 Å². The molecule has 0 saturated carbocycles. The lowest BCUT2D eigenvalue weighted by atomic mass is 10.0. The molecule has 0 N–H and O–H groups in total. The molecule has 0 heterocycles. The summed E-state index contributed by atoms with van der Waals surface area (Å²) in [6.07, 6.45) is 2.94. The van der Waals surface area contributed by atoms with Gasteiger partial charge in [-0.2, -0.15) is 13.2 Å². The predicted molar refractivity (Wildman–Crippen MR) is 107 cm³/mol. The lowest BCUT2D eigenvalue weighted by molar-refractivity contribution is -0.0801. The van der Waals surface area contributed by atoms with Crippen molar-refractivity contribution in [2.24, 2.45) is 0 Å². The van der Waals surface area contributed by atoms with Crippen molar-refractivity contribution in [3.05, 3.63) is 77.4 Å². The minimum atomic E-state index is -4.31. The van der Waals surface area contributed by atoms with Crippen molar-refractivity contribution in [3.63, 3.8) is 0 Å². The smallest absolute Gasteiger partial charge is 0.409 e. The van der Waals surface area contributed by atoms with Gasteiger partial charge < -0.3 is 4.74 Å². The van der Waals surface area contributed by atoms with Crippen LogP contribution >= 0.6 is 0 Å². The molecule has 0 aliphatic carbocycles. The van der Waals surface area contributed by atoms with Crippen molar-refractivity contribution >= 4 is 0 Å². The Morgan fingerprint density at radius 2 is 1.46 bits per heavy atom. The van der Waals surface area contributed by atoms with Gasteiger partial charge in [0, 0.05) is 17.2 Å². The molecular weight excluding hydrogens is 361 g/mol. The van der Waals surface area contributed by atoms with E-state index >= 15 is 0 Å². The molecule has 0 bridgehead atoms. The molecule has 0 saturated heterocycles. The Labute approximate surface area is 165 Å². The van der Waals surface area contributed by atoms with Gasteiger partial charge in [0.05, 0.1) is 0 Å². The van der Waals surface area contributed by atoms with Crippen molar-refractivity contribution < 1.29 is 17.9 Å². The van der Waals surface area contributed by atoms with Crippen LogP contribution in [0.25, 0.3) is 0 Å². The molecule has 0 aliphatic rings. The molecular formula is C24H25F3O. The zero-order valence-corrected chi connectivity index (χ0v) is 16.1. The lowest BCUT2D eigenvalue weighted by Crippen LogP contribution is -2.02. The Morgan fingerprint density at radius 3 is 2.04 bits per heavy atom. The van der Waals surface area contributed by atoms with Gasteiger partial charge in [-0.05, 0) is 60.9 Å². The van der Waals surface area contributed by atoms with E-state index in [1.54, 1.807) is 24.3 Å². The molecule has 0 aliphatic heterocycles. The Balaban J connectivity index is 1.84. The van der Waals surface area contributed by atoms with Crippen LogP contribution in [-0.4, -0.2) is 12.8 Å². The van der Waals surface area contributed by atoms with Gasteiger partial charge in [0.25, 0.3) is 0 Å². The van der Waals surface area contributed by atoms with E-state index in [-0.39, 0.29) is 12.7 Å². The Bertz CT molecular complexity index is 791. The predicted octanol–water partition coefficient (Wildman–Crippen LogP) is 6.71. The van der Waals surface area contributed by atoms with E-state index in [9.17, 15) is 13.2 Å². The number of alkyl halides is 3. The molecule has 148 valence electrons. The third-order valence-electron chi connectivity index (χ3n) is 4.13. The fraction of sp³-hybridized carbons (Fsp3) is 0.333. The van der Waals surface area contributed by atoms with Gasteiger partial charge in [0.1, 0.15) is 12.4 Å². The minimum absolute atomic E-state index is 0.130. The third-order valence-corrected chi connectivity index (χ3v) is 4.13. The van der Waals surface area contributed by atoms with E-state index < -0.39 is 6.18 Å². The molecule has 0 spiro atoms. The average molecular weight is 386 g/mol. The van der Waals surface area contributed by atoms with E-state index in [1.165, 1.54) is 31.2 Å². The van der Waals surface area contributed by atoms with E-state index in [4.69, 9.17) is 4.74 Å². The number of benzene rings is 2. The highest BCUT2D eigenvalue weighted by Gasteiger charge is 2.21. The maximum Gasteiger partial charge on any atom is 0.409 e. The number of aryl methyl sites for hydroxylation is 1. The van der Waals surface area contributed by atoms with Crippen LogP contribution in [0.4, 0.5) is 13.2 Å². The number of allylic oxidation sites excluding steroid dienone is 1. The summed E-state index contributed by atoms with van der Waals surface area (Å²) in [4.78, 5) is 0. The van der Waals surface area contributed by atoms with Crippen LogP contribution in [0.3, 0.4) is 0 Å². The van der Waals surface area contributed by atoms with Crippen molar-refractivity contribution in [1.82, 2.24) is 0 Å². The summed E-state index contributed by atoms with van der Waals surface area (Å²) >= 11 is 0. The number of hydrogen-bond donors (Lipinski definition) is 0. The maximum atomic E-state index is 12.0. The molecule has 0 fully saturated rings. The van der Waals surface area contributed by atoms with Gasteiger partial charge in [-0.25, -0.2) is 0 Å². The van der Waals surface area contributed by atoms with E-state index in [0.717, 1.165) is 23.6 Å². The maximum absolute atomic E-state index is 12.0. The zero-order valence-electron chi connectivity index (χ0n) is 16.1. The zero-order chi connectivity index (χ0) is 20.2. The minimum Gasteiger partial charge on any atom is -0.490 e. The fourth-order valence-electron chi connectivity index (χ4n) is 2.62. The second kappa shape index (κ2) is 11.2. The summed E-state index contributed by atoms with van der Waals surface area (Å²) in [7, 11) is 0. The summed E-state index contributed by atoms with van der Waals surface area (Å²) in [5.74, 6) is 6.72. The molecule has 4 heteroatoms. The summed E-state index contributed by atoms with van der Waals surface area (Å²) in [5.41, 5.74) is 3.11. The van der Waals surface area contributed by atoms with Crippen molar-refractivity contribution in [2.45, 2.75) is 45.2 Å². The van der Waals surface area contributed by atoms with Crippen LogP contribution in [0.1, 0.15) is 49.3 Å². The quantitative estimate of drug-likeness (QED) is 0.278. The molecule has 2 aromatic carbocycles. The largest absolute Gasteiger partial charge is 0.490 e. The highest BCUT2D eigenvalue weighted by molar-refractivity contribution is 5.44. The third kappa shape index (κ3) is 8.81. The molecule has 1 nitrogen and oxygen atoms in total. The van der Waals surface area contributed by atoms with Gasteiger partial charge in [-0.15, -0.1) is 0 Å². The number of hydrogen-bond acceptors (Lipinski definition) is 1. The van der Waals surface area contributed by atoms with Crippen LogP contribution in [0.2, 0.25) is 0 Å². The Morgan fingerprint density at radius 1 is 0.857 bits per heavy atom. The molecule has 2 rings (SSSR count). The standard InChI is InChI=1S/C24H25F3O/c1-2-3-4-5-7-20-8-10-21(11-9-20)12-13-22-14-16-23(17-15-22)28-19-6-18-24(25,26)27/h6,8-11,14-18H,2-5,7,19H2,1H3/b18-6+. The second-order valence-corrected chi connectivity index (χ2v) is 6.54. The van der Waals surface area contributed by atoms with E-state index in [1.807, 2.05) is 12.1 Å².